The number of anilines is 2. The lowest BCUT2D eigenvalue weighted by Gasteiger charge is -2.18. The van der Waals surface area contributed by atoms with Gasteiger partial charge in [0.2, 0.25) is 0 Å². The van der Waals surface area contributed by atoms with Crippen LogP contribution < -0.4 is 20.1 Å². The van der Waals surface area contributed by atoms with Crippen molar-refractivity contribution in [1.82, 2.24) is 10.3 Å². The highest BCUT2D eigenvalue weighted by Crippen LogP contribution is 2.37. The predicted molar refractivity (Wildman–Crippen MR) is 121 cm³/mol. The molecule has 0 saturated heterocycles. The zero-order valence-corrected chi connectivity index (χ0v) is 18.7. The monoisotopic (exact) mass is 443 g/mol. The molecular weight excluding hydrogens is 418 g/mol. The molecule has 3 rings (SSSR count). The van der Waals surface area contributed by atoms with Gasteiger partial charge in [-0.25, -0.2) is 8.42 Å². The summed E-state index contributed by atoms with van der Waals surface area (Å²) in [5, 5.41) is 6.62. The van der Waals surface area contributed by atoms with E-state index in [0.29, 0.717) is 45.8 Å². The Kier molecular flexibility index (Phi) is 6.65. The summed E-state index contributed by atoms with van der Waals surface area (Å²) < 4.78 is 34.1. The highest BCUT2D eigenvalue weighted by Gasteiger charge is 2.18. The lowest BCUT2D eigenvalue weighted by Crippen LogP contribution is -2.20. The van der Waals surface area contributed by atoms with Crippen LogP contribution in [0.4, 0.5) is 11.4 Å². The van der Waals surface area contributed by atoms with Gasteiger partial charge in [-0.1, -0.05) is 18.2 Å². The van der Waals surface area contributed by atoms with Gasteiger partial charge < -0.3 is 20.1 Å². The molecule has 2 aromatic carbocycles. The number of fused-ring (bicyclic) bond motifs is 1. The molecule has 164 valence electrons. The number of pyridine rings is 1. The zero-order chi connectivity index (χ0) is 22.6. The van der Waals surface area contributed by atoms with Gasteiger partial charge in [-0.05, 0) is 24.1 Å². The van der Waals surface area contributed by atoms with Crippen molar-refractivity contribution in [2.75, 3.05) is 38.6 Å². The number of aromatic nitrogens is 1. The van der Waals surface area contributed by atoms with E-state index in [2.05, 4.69) is 15.6 Å². The van der Waals surface area contributed by atoms with Crippen LogP contribution in [0.5, 0.6) is 11.5 Å². The minimum Gasteiger partial charge on any atom is -0.493 e. The number of sulfone groups is 1. The van der Waals surface area contributed by atoms with Crippen molar-refractivity contribution in [2.45, 2.75) is 6.42 Å². The van der Waals surface area contributed by atoms with Gasteiger partial charge in [-0.2, -0.15) is 0 Å². The van der Waals surface area contributed by atoms with Crippen molar-refractivity contribution in [3.05, 3.63) is 53.7 Å². The Morgan fingerprint density at radius 1 is 1.10 bits per heavy atom. The molecule has 31 heavy (non-hydrogen) atoms. The minimum absolute atomic E-state index is 0.0239. The van der Waals surface area contributed by atoms with Gasteiger partial charge in [-0.3, -0.25) is 9.78 Å². The first kappa shape index (κ1) is 22.4. The summed E-state index contributed by atoms with van der Waals surface area (Å²) in [7, 11) is 1.50. The predicted octanol–water partition coefficient (Wildman–Crippen LogP) is 2.94. The van der Waals surface area contributed by atoms with Crippen LogP contribution in [-0.2, 0) is 16.3 Å². The van der Waals surface area contributed by atoms with Crippen LogP contribution >= 0.6 is 0 Å². The van der Waals surface area contributed by atoms with E-state index >= 15 is 0 Å². The van der Waals surface area contributed by atoms with Crippen molar-refractivity contribution >= 4 is 38.0 Å². The summed E-state index contributed by atoms with van der Waals surface area (Å²) in [6, 6.07) is 10.9. The van der Waals surface area contributed by atoms with Crippen molar-refractivity contribution in [2.24, 2.45) is 0 Å². The second-order valence-corrected chi connectivity index (χ2v) is 9.27. The number of nitrogens with zero attached hydrogens (tertiary/aromatic N) is 1. The molecule has 0 radical (unpaired) electrons. The number of amides is 1. The van der Waals surface area contributed by atoms with Gasteiger partial charge in [0.15, 0.2) is 11.5 Å². The summed E-state index contributed by atoms with van der Waals surface area (Å²) in [6.45, 7) is 0. The number of hydrogen-bond acceptors (Lipinski definition) is 7. The largest absolute Gasteiger partial charge is 0.493 e. The Morgan fingerprint density at radius 3 is 2.42 bits per heavy atom. The second-order valence-electron chi connectivity index (χ2n) is 7.01. The topological polar surface area (TPSA) is 107 Å². The highest BCUT2D eigenvalue weighted by atomic mass is 32.2. The highest BCUT2D eigenvalue weighted by molar-refractivity contribution is 7.90. The Bertz CT molecular complexity index is 1230. The van der Waals surface area contributed by atoms with E-state index in [4.69, 9.17) is 9.47 Å². The van der Waals surface area contributed by atoms with E-state index in [1.54, 1.807) is 26.3 Å². The number of nitrogens with one attached hydrogen (secondary N) is 2. The van der Waals surface area contributed by atoms with Gasteiger partial charge in [0, 0.05) is 36.6 Å². The maximum atomic E-state index is 12.6. The lowest BCUT2D eigenvalue weighted by atomic mass is 10.1. The van der Waals surface area contributed by atoms with E-state index in [-0.39, 0.29) is 11.7 Å². The van der Waals surface area contributed by atoms with E-state index in [0.717, 1.165) is 5.56 Å². The molecule has 9 heteroatoms. The van der Waals surface area contributed by atoms with Crippen LogP contribution in [0.3, 0.4) is 0 Å². The molecule has 0 aliphatic heterocycles. The fourth-order valence-corrected chi connectivity index (χ4v) is 3.84. The van der Waals surface area contributed by atoms with Crippen molar-refractivity contribution in [1.29, 1.82) is 0 Å². The third-order valence-corrected chi connectivity index (χ3v) is 5.81. The summed E-state index contributed by atoms with van der Waals surface area (Å²) >= 11 is 0. The molecule has 0 fully saturated rings. The molecule has 0 saturated carbocycles. The molecule has 2 N–H and O–H groups in total. The fraction of sp³-hybridized carbons (Fsp3) is 0.273. The lowest BCUT2D eigenvalue weighted by molar-refractivity contribution is 0.0963. The van der Waals surface area contributed by atoms with Crippen molar-refractivity contribution in [3.63, 3.8) is 0 Å². The number of carbonyl (C=O) groups excluding carboxylic acids is 1. The standard InChI is InChI=1S/C22H25N3O5S/c1-23-22(26)16-13-24-18-12-20(30-3)19(29-2)11-15(18)21(16)25-17-8-6-5-7-14(17)9-10-31(4,27)28/h5-8,11-13H,9-10H2,1-4H3,(H,23,26)(H,24,25). The zero-order valence-electron chi connectivity index (χ0n) is 17.9. The second kappa shape index (κ2) is 9.22. The Morgan fingerprint density at radius 2 is 1.77 bits per heavy atom. The molecule has 0 unspecified atom stereocenters. The van der Waals surface area contributed by atoms with Gasteiger partial charge >= 0.3 is 0 Å². The first-order valence-corrected chi connectivity index (χ1v) is 11.6. The average Bonchev–Trinajstić information content (AvgIpc) is 2.76. The van der Waals surface area contributed by atoms with Crippen LogP contribution in [-0.4, -0.2) is 52.6 Å². The van der Waals surface area contributed by atoms with Gasteiger partial charge in [0.05, 0.1) is 36.7 Å². The maximum absolute atomic E-state index is 12.6. The summed E-state index contributed by atoms with van der Waals surface area (Å²) in [5.41, 5.74) is 3.03. The van der Waals surface area contributed by atoms with E-state index < -0.39 is 9.84 Å². The molecule has 1 heterocycles. The van der Waals surface area contributed by atoms with E-state index in [1.165, 1.54) is 19.6 Å². The molecule has 0 spiro atoms. The number of aryl methyl sites for hydroxylation is 1. The number of carbonyl (C=O) groups is 1. The molecule has 8 nitrogen and oxygen atoms in total. The van der Waals surface area contributed by atoms with Crippen LogP contribution in [0.2, 0.25) is 0 Å². The summed E-state index contributed by atoms with van der Waals surface area (Å²) in [4.78, 5) is 17.0. The number of para-hydroxylation sites is 1. The SMILES string of the molecule is CNC(=O)c1cnc2cc(OC)c(OC)cc2c1Nc1ccccc1CCS(C)(=O)=O. The van der Waals surface area contributed by atoms with Crippen LogP contribution in [0.15, 0.2) is 42.6 Å². The molecular formula is C22H25N3O5S. The molecule has 1 amide bonds. The van der Waals surface area contributed by atoms with E-state index in [9.17, 15) is 13.2 Å². The Hall–Kier alpha value is -3.33. The average molecular weight is 444 g/mol. The molecule has 3 aromatic rings. The quantitative estimate of drug-likeness (QED) is 0.551. The van der Waals surface area contributed by atoms with Gasteiger partial charge in [-0.15, -0.1) is 0 Å². The van der Waals surface area contributed by atoms with Crippen LogP contribution in [0, 0.1) is 0 Å². The number of methoxy groups -OCH3 is 2. The maximum Gasteiger partial charge on any atom is 0.254 e. The summed E-state index contributed by atoms with van der Waals surface area (Å²) in [5.74, 6) is 0.741. The molecule has 1 aromatic heterocycles. The molecule has 0 bridgehead atoms. The van der Waals surface area contributed by atoms with Crippen molar-refractivity contribution in [3.8, 4) is 11.5 Å². The van der Waals surface area contributed by atoms with Crippen molar-refractivity contribution < 1.29 is 22.7 Å². The number of rotatable bonds is 8. The third-order valence-electron chi connectivity index (χ3n) is 4.86. The molecule has 0 aliphatic rings. The minimum atomic E-state index is -3.12. The molecule has 0 atom stereocenters. The number of ether oxygens (including phenoxy) is 2. The van der Waals surface area contributed by atoms with Crippen LogP contribution in [0.25, 0.3) is 10.9 Å². The summed E-state index contributed by atoms with van der Waals surface area (Å²) in [6.07, 6.45) is 3.05. The third kappa shape index (κ3) is 5.05. The smallest absolute Gasteiger partial charge is 0.254 e. The van der Waals surface area contributed by atoms with Crippen LogP contribution in [0.1, 0.15) is 15.9 Å². The normalized spacial score (nSPS) is 11.2. The number of benzene rings is 2. The first-order valence-electron chi connectivity index (χ1n) is 9.57. The van der Waals surface area contributed by atoms with Gasteiger partial charge in [0.25, 0.3) is 5.91 Å². The number of hydrogen-bond donors (Lipinski definition) is 2. The Labute approximate surface area is 181 Å². The molecule has 0 aliphatic carbocycles. The first-order chi connectivity index (χ1) is 14.8. The van der Waals surface area contributed by atoms with Gasteiger partial charge in [0.1, 0.15) is 9.84 Å². The fourth-order valence-electron chi connectivity index (χ4n) is 3.25. The van der Waals surface area contributed by atoms with E-state index in [1.807, 2.05) is 24.3 Å². The Balaban J connectivity index is 2.17.